The van der Waals surface area contributed by atoms with Gasteiger partial charge >= 0.3 is 6.08 Å². The third-order valence-corrected chi connectivity index (χ3v) is 2.53. The van der Waals surface area contributed by atoms with Gasteiger partial charge in [0, 0.05) is 5.56 Å². The van der Waals surface area contributed by atoms with Crippen LogP contribution in [0.15, 0.2) is 35.2 Å². The van der Waals surface area contributed by atoms with Gasteiger partial charge in [0.15, 0.2) is 5.83 Å². The van der Waals surface area contributed by atoms with E-state index >= 15 is 0 Å². The van der Waals surface area contributed by atoms with Gasteiger partial charge in [0.1, 0.15) is 0 Å². The summed E-state index contributed by atoms with van der Waals surface area (Å²) in [5, 5.41) is 4.76. The number of hydrogen-bond acceptors (Lipinski definition) is 2. The Balaban J connectivity index is 3.18. The highest BCUT2D eigenvalue weighted by Crippen LogP contribution is 2.22. The Hall–Kier alpha value is -1.34. The second-order valence-corrected chi connectivity index (χ2v) is 4.21. The van der Waals surface area contributed by atoms with E-state index in [1.807, 2.05) is 0 Å². The zero-order chi connectivity index (χ0) is 11.6. The Morgan fingerprint density at radius 3 is 1.87 bits per heavy atom. The van der Waals surface area contributed by atoms with E-state index in [1.165, 1.54) is 0 Å². The predicted molar refractivity (Wildman–Crippen MR) is 48.1 cm³/mol. The van der Waals surface area contributed by atoms with E-state index in [-0.39, 0.29) is 4.90 Å². The molecule has 0 amide bonds. The van der Waals surface area contributed by atoms with Gasteiger partial charge in [-0.15, -0.1) is 0 Å². The molecule has 15 heavy (non-hydrogen) atoms. The molecule has 1 rings (SSSR count). The lowest BCUT2D eigenvalue weighted by atomic mass is 10.2. The van der Waals surface area contributed by atoms with Crippen LogP contribution >= 0.6 is 0 Å². The molecule has 2 N–H and O–H groups in total. The average molecular weight is 237 g/mol. The highest BCUT2D eigenvalue weighted by Gasteiger charge is 2.11. The topological polar surface area (TPSA) is 60.2 Å². The van der Waals surface area contributed by atoms with Crippen LogP contribution < -0.4 is 5.14 Å². The first kappa shape index (κ1) is 11.7. The van der Waals surface area contributed by atoms with Crippen LogP contribution in [0.25, 0.3) is 5.83 Å². The maximum absolute atomic E-state index is 12.6. The molecule has 0 heterocycles. The third kappa shape index (κ3) is 2.80. The van der Waals surface area contributed by atoms with Crippen LogP contribution in [0, 0.1) is 0 Å². The number of hydrogen-bond donors (Lipinski definition) is 1. The van der Waals surface area contributed by atoms with Gasteiger partial charge in [-0.3, -0.25) is 0 Å². The van der Waals surface area contributed by atoms with Crippen LogP contribution in [-0.2, 0) is 10.0 Å². The van der Waals surface area contributed by atoms with Crippen LogP contribution in [0.3, 0.4) is 0 Å². The van der Waals surface area contributed by atoms with E-state index < -0.39 is 27.5 Å². The number of rotatable bonds is 2. The van der Waals surface area contributed by atoms with E-state index in [4.69, 9.17) is 5.14 Å². The molecule has 0 radical (unpaired) electrons. The minimum atomic E-state index is -3.89. The van der Waals surface area contributed by atoms with Gasteiger partial charge in [-0.25, -0.2) is 17.9 Å². The first-order valence-corrected chi connectivity index (χ1v) is 5.21. The van der Waals surface area contributed by atoms with Gasteiger partial charge in [0.05, 0.1) is 4.90 Å². The van der Waals surface area contributed by atoms with E-state index in [9.17, 15) is 21.6 Å². The highest BCUT2D eigenvalue weighted by atomic mass is 32.2. The molecule has 82 valence electrons. The lowest BCUT2D eigenvalue weighted by Gasteiger charge is -1.99. The van der Waals surface area contributed by atoms with Crippen molar-refractivity contribution in [1.82, 2.24) is 0 Å². The van der Waals surface area contributed by atoms with Gasteiger partial charge in [0.25, 0.3) is 0 Å². The summed E-state index contributed by atoms with van der Waals surface area (Å²) in [6.07, 6.45) is -2.46. The molecule has 7 heteroatoms. The Labute approximate surface area is 84.1 Å². The fraction of sp³-hybridized carbons (Fsp3) is 0. The summed E-state index contributed by atoms with van der Waals surface area (Å²) in [5.74, 6) is -1.68. The predicted octanol–water partition coefficient (Wildman–Crippen LogP) is 1.87. The zero-order valence-corrected chi connectivity index (χ0v) is 8.06. The number of sulfonamides is 1. The Morgan fingerprint density at radius 1 is 1.07 bits per heavy atom. The van der Waals surface area contributed by atoms with Crippen molar-refractivity contribution in [3.8, 4) is 0 Å². The standard InChI is InChI=1S/C8H6F3NO2S/c9-7(8(10)11)5-1-3-6(4-2-5)15(12,13)14/h1-4H,(H2,12,13,14). The van der Waals surface area contributed by atoms with Crippen LogP contribution in [0.5, 0.6) is 0 Å². The van der Waals surface area contributed by atoms with Crippen molar-refractivity contribution in [3.05, 3.63) is 35.9 Å². The highest BCUT2D eigenvalue weighted by molar-refractivity contribution is 7.89. The Kier molecular flexibility index (Phi) is 3.15. The fourth-order valence-corrected chi connectivity index (χ4v) is 1.42. The molecule has 0 bridgehead atoms. The second-order valence-electron chi connectivity index (χ2n) is 2.64. The van der Waals surface area contributed by atoms with Gasteiger partial charge in [-0.2, -0.15) is 8.78 Å². The van der Waals surface area contributed by atoms with Crippen molar-refractivity contribution in [2.45, 2.75) is 4.90 Å². The summed E-state index contributed by atoms with van der Waals surface area (Å²) in [4.78, 5) is -0.265. The van der Waals surface area contributed by atoms with Crippen molar-refractivity contribution in [3.63, 3.8) is 0 Å². The van der Waals surface area contributed by atoms with E-state index in [0.717, 1.165) is 24.3 Å². The Bertz CT molecular complexity index is 489. The maximum Gasteiger partial charge on any atom is 0.306 e. The monoisotopic (exact) mass is 237 g/mol. The average Bonchev–Trinajstić information content (AvgIpc) is 2.15. The summed E-state index contributed by atoms with van der Waals surface area (Å²) >= 11 is 0. The number of halogens is 3. The van der Waals surface area contributed by atoms with Crippen molar-refractivity contribution in [2.24, 2.45) is 5.14 Å². The molecule has 0 aliphatic rings. The second kappa shape index (κ2) is 4.03. The number of nitrogens with two attached hydrogens (primary N) is 1. The molecule has 0 unspecified atom stereocenters. The third-order valence-electron chi connectivity index (χ3n) is 1.60. The molecule has 1 aromatic carbocycles. The molecule has 0 spiro atoms. The number of primary sulfonamides is 1. The number of benzene rings is 1. The minimum absolute atomic E-state index is 0.265. The van der Waals surface area contributed by atoms with Crippen LogP contribution in [-0.4, -0.2) is 8.42 Å². The first-order chi connectivity index (χ1) is 6.82. The van der Waals surface area contributed by atoms with Gasteiger partial charge < -0.3 is 0 Å². The molecule has 1 aromatic rings. The molecular weight excluding hydrogens is 231 g/mol. The molecule has 0 fully saturated rings. The minimum Gasteiger partial charge on any atom is -0.225 e. The van der Waals surface area contributed by atoms with Gasteiger partial charge in [0.2, 0.25) is 10.0 Å². The summed E-state index contributed by atoms with van der Waals surface area (Å²) < 4.78 is 57.8. The molecule has 0 saturated carbocycles. The molecule has 0 aliphatic carbocycles. The summed E-state index contributed by atoms with van der Waals surface area (Å²) in [6, 6.07) is 3.73. The van der Waals surface area contributed by atoms with Crippen molar-refractivity contribution >= 4 is 15.9 Å². The molecule has 0 saturated heterocycles. The quantitative estimate of drug-likeness (QED) is 0.853. The van der Waals surface area contributed by atoms with Crippen molar-refractivity contribution in [1.29, 1.82) is 0 Å². The summed E-state index contributed by atoms with van der Waals surface area (Å²) in [7, 11) is -3.89. The zero-order valence-electron chi connectivity index (χ0n) is 7.25. The lowest BCUT2D eigenvalue weighted by molar-refractivity contribution is 0.410. The summed E-state index contributed by atoms with van der Waals surface area (Å²) in [6.45, 7) is 0. The van der Waals surface area contributed by atoms with Crippen LogP contribution in [0.1, 0.15) is 5.56 Å². The molecule has 0 aliphatic heterocycles. The largest absolute Gasteiger partial charge is 0.306 e. The SMILES string of the molecule is NS(=O)(=O)c1ccc(C(F)=C(F)F)cc1. The molecule has 0 atom stereocenters. The van der Waals surface area contributed by atoms with Crippen molar-refractivity contribution in [2.75, 3.05) is 0 Å². The first-order valence-electron chi connectivity index (χ1n) is 3.66. The van der Waals surface area contributed by atoms with Crippen LogP contribution in [0.2, 0.25) is 0 Å². The lowest BCUT2D eigenvalue weighted by Crippen LogP contribution is -2.11. The normalized spacial score (nSPS) is 11.2. The Morgan fingerprint density at radius 2 is 1.53 bits per heavy atom. The molecular formula is C8H6F3NO2S. The van der Waals surface area contributed by atoms with E-state index in [0.29, 0.717) is 0 Å². The van der Waals surface area contributed by atoms with Gasteiger partial charge in [-0.05, 0) is 12.1 Å². The molecule has 0 aromatic heterocycles. The van der Waals surface area contributed by atoms with Crippen LogP contribution in [0.4, 0.5) is 13.2 Å². The van der Waals surface area contributed by atoms with Gasteiger partial charge in [-0.1, -0.05) is 12.1 Å². The smallest absolute Gasteiger partial charge is 0.225 e. The maximum atomic E-state index is 12.6. The van der Waals surface area contributed by atoms with Crippen molar-refractivity contribution < 1.29 is 21.6 Å². The molecule has 3 nitrogen and oxygen atoms in total. The van der Waals surface area contributed by atoms with E-state index in [2.05, 4.69) is 0 Å². The summed E-state index contributed by atoms with van der Waals surface area (Å²) in [5.41, 5.74) is -0.401. The fourth-order valence-electron chi connectivity index (χ4n) is 0.900. The van der Waals surface area contributed by atoms with E-state index in [1.54, 1.807) is 0 Å².